The molecule has 17 heavy (non-hydrogen) atoms. The highest BCUT2D eigenvalue weighted by Gasteiger charge is 2.19. The molecule has 0 bridgehead atoms. The van der Waals surface area contributed by atoms with Crippen molar-refractivity contribution >= 4 is 22.7 Å². The molecule has 0 amide bonds. The van der Waals surface area contributed by atoms with Gasteiger partial charge in [0, 0.05) is 18.2 Å². The lowest BCUT2D eigenvalue weighted by molar-refractivity contribution is -0.142. The Bertz CT molecular complexity index is 613. The quantitative estimate of drug-likeness (QED) is 0.703. The lowest BCUT2D eigenvalue weighted by Gasteiger charge is -2.20. The van der Waals surface area contributed by atoms with Crippen LogP contribution in [-0.2, 0) is 9.53 Å². The number of benzene rings is 1. The van der Waals surface area contributed by atoms with Crippen LogP contribution in [0.5, 0.6) is 0 Å². The summed E-state index contributed by atoms with van der Waals surface area (Å²) in [4.78, 5) is 15.7. The summed E-state index contributed by atoms with van der Waals surface area (Å²) in [6, 6.07) is 7.86. The molecule has 4 heteroatoms. The largest absolute Gasteiger partial charge is 0.459 e. The molecule has 86 valence electrons. The number of hydrogen-bond donors (Lipinski definition) is 0. The van der Waals surface area contributed by atoms with Gasteiger partial charge >= 0.3 is 5.97 Å². The number of hydrogen-bond acceptors (Lipinski definition) is 3. The van der Waals surface area contributed by atoms with E-state index in [-0.39, 0.29) is 12.1 Å². The van der Waals surface area contributed by atoms with Crippen molar-refractivity contribution in [3.63, 3.8) is 0 Å². The lowest BCUT2D eigenvalue weighted by atomic mass is 10.1. The molecule has 4 nitrogen and oxygen atoms in total. The highest BCUT2D eigenvalue weighted by Crippen LogP contribution is 2.24. The molecule has 1 unspecified atom stereocenters. The third kappa shape index (κ3) is 1.71. The SMILES string of the molecule is CC1CC(n2cnc3ccccc32)=CC(=O)O1. The van der Waals surface area contributed by atoms with E-state index in [1.807, 2.05) is 35.8 Å². The summed E-state index contributed by atoms with van der Waals surface area (Å²) >= 11 is 0. The third-order valence-electron chi connectivity index (χ3n) is 2.86. The van der Waals surface area contributed by atoms with Crippen LogP contribution in [0.4, 0.5) is 0 Å². The summed E-state index contributed by atoms with van der Waals surface area (Å²) in [5, 5.41) is 0. The van der Waals surface area contributed by atoms with Crippen molar-refractivity contribution in [2.24, 2.45) is 0 Å². The van der Waals surface area contributed by atoms with E-state index in [9.17, 15) is 4.79 Å². The van der Waals surface area contributed by atoms with Crippen LogP contribution in [0.2, 0.25) is 0 Å². The average molecular weight is 228 g/mol. The maximum absolute atomic E-state index is 11.4. The number of fused-ring (bicyclic) bond motifs is 1. The summed E-state index contributed by atoms with van der Waals surface area (Å²) in [6.07, 6.45) is 3.92. The summed E-state index contributed by atoms with van der Waals surface area (Å²) in [6.45, 7) is 1.89. The smallest absolute Gasteiger partial charge is 0.332 e. The standard InChI is InChI=1S/C13H12N2O2/c1-9-6-10(7-13(16)17-9)15-8-14-11-4-2-3-5-12(11)15/h2-5,7-9H,6H2,1H3. The molecule has 0 saturated heterocycles. The fraction of sp³-hybridized carbons (Fsp3) is 0.231. The van der Waals surface area contributed by atoms with Crippen LogP contribution in [0.3, 0.4) is 0 Å². The Hall–Kier alpha value is -2.10. The number of aromatic nitrogens is 2. The van der Waals surface area contributed by atoms with Gasteiger partial charge in [0.1, 0.15) is 12.4 Å². The van der Waals surface area contributed by atoms with Gasteiger partial charge in [0.2, 0.25) is 0 Å². The first-order chi connectivity index (χ1) is 8.24. The normalized spacial score (nSPS) is 20.2. The van der Waals surface area contributed by atoms with Crippen molar-refractivity contribution < 1.29 is 9.53 Å². The highest BCUT2D eigenvalue weighted by molar-refractivity contribution is 5.91. The minimum Gasteiger partial charge on any atom is -0.459 e. The van der Waals surface area contributed by atoms with Crippen molar-refractivity contribution in [2.75, 3.05) is 0 Å². The minimum absolute atomic E-state index is 0.0799. The van der Waals surface area contributed by atoms with Crippen LogP contribution in [0.25, 0.3) is 16.7 Å². The zero-order valence-corrected chi connectivity index (χ0v) is 9.46. The monoisotopic (exact) mass is 228 g/mol. The first-order valence-corrected chi connectivity index (χ1v) is 5.58. The van der Waals surface area contributed by atoms with Gasteiger partial charge in [0.05, 0.1) is 11.0 Å². The summed E-state index contributed by atoms with van der Waals surface area (Å²) in [5.74, 6) is -0.281. The Morgan fingerprint density at radius 2 is 2.24 bits per heavy atom. The Balaban J connectivity index is 2.12. The van der Waals surface area contributed by atoms with Crippen molar-refractivity contribution in [3.05, 3.63) is 36.7 Å². The Morgan fingerprint density at radius 1 is 1.41 bits per heavy atom. The second kappa shape index (κ2) is 3.73. The van der Waals surface area contributed by atoms with E-state index in [2.05, 4.69) is 4.98 Å². The van der Waals surface area contributed by atoms with Gasteiger partial charge in [-0.3, -0.25) is 0 Å². The van der Waals surface area contributed by atoms with Gasteiger partial charge in [-0.25, -0.2) is 9.78 Å². The Morgan fingerprint density at radius 3 is 3.06 bits per heavy atom. The molecule has 0 saturated carbocycles. The molecular formula is C13H12N2O2. The molecule has 3 rings (SSSR count). The number of imidazole rings is 1. The fourth-order valence-corrected chi connectivity index (χ4v) is 2.12. The molecule has 0 spiro atoms. The predicted molar refractivity (Wildman–Crippen MR) is 64.2 cm³/mol. The maximum Gasteiger partial charge on any atom is 0.332 e. The van der Waals surface area contributed by atoms with Crippen LogP contribution in [0.1, 0.15) is 13.3 Å². The molecule has 0 fully saturated rings. The van der Waals surface area contributed by atoms with E-state index in [1.165, 1.54) is 6.08 Å². The molecule has 2 aromatic rings. The zero-order chi connectivity index (χ0) is 11.8. The average Bonchev–Trinajstić information content (AvgIpc) is 2.71. The molecule has 1 atom stereocenters. The molecule has 0 radical (unpaired) electrons. The van der Waals surface area contributed by atoms with Gasteiger partial charge in [0.25, 0.3) is 0 Å². The molecule has 0 aliphatic carbocycles. The number of para-hydroxylation sites is 2. The number of esters is 1. The molecule has 2 heterocycles. The van der Waals surface area contributed by atoms with E-state index in [0.29, 0.717) is 6.42 Å². The van der Waals surface area contributed by atoms with Crippen molar-refractivity contribution in [1.29, 1.82) is 0 Å². The first kappa shape index (κ1) is 10.1. The van der Waals surface area contributed by atoms with Gasteiger partial charge in [-0.05, 0) is 19.1 Å². The van der Waals surface area contributed by atoms with Gasteiger partial charge < -0.3 is 9.30 Å². The van der Waals surface area contributed by atoms with Gasteiger partial charge in [-0.1, -0.05) is 12.1 Å². The molecular weight excluding hydrogens is 216 g/mol. The predicted octanol–water partition coefficient (Wildman–Crippen LogP) is 2.21. The molecule has 1 aliphatic rings. The molecule has 1 aromatic carbocycles. The second-order valence-electron chi connectivity index (χ2n) is 4.19. The summed E-state index contributed by atoms with van der Waals surface area (Å²) in [5.41, 5.74) is 2.88. The van der Waals surface area contributed by atoms with E-state index in [1.54, 1.807) is 6.33 Å². The van der Waals surface area contributed by atoms with E-state index < -0.39 is 0 Å². The van der Waals surface area contributed by atoms with E-state index in [4.69, 9.17) is 4.74 Å². The van der Waals surface area contributed by atoms with Crippen LogP contribution in [0.15, 0.2) is 36.7 Å². The lowest BCUT2D eigenvalue weighted by Crippen LogP contribution is -2.20. The van der Waals surface area contributed by atoms with Crippen LogP contribution in [0, 0.1) is 0 Å². The Kier molecular flexibility index (Phi) is 2.21. The van der Waals surface area contributed by atoms with Crippen molar-refractivity contribution in [2.45, 2.75) is 19.4 Å². The van der Waals surface area contributed by atoms with Crippen LogP contribution >= 0.6 is 0 Å². The van der Waals surface area contributed by atoms with Crippen LogP contribution < -0.4 is 0 Å². The number of ether oxygens (including phenoxy) is 1. The molecule has 1 aliphatic heterocycles. The number of cyclic esters (lactones) is 1. The number of carbonyl (C=O) groups is 1. The summed E-state index contributed by atoms with van der Waals surface area (Å²) in [7, 11) is 0. The number of rotatable bonds is 1. The topological polar surface area (TPSA) is 44.1 Å². The first-order valence-electron chi connectivity index (χ1n) is 5.58. The zero-order valence-electron chi connectivity index (χ0n) is 9.46. The van der Waals surface area contributed by atoms with E-state index >= 15 is 0 Å². The number of nitrogens with zero attached hydrogens (tertiary/aromatic N) is 2. The Labute approximate surface area is 98.5 Å². The highest BCUT2D eigenvalue weighted by atomic mass is 16.5. The van der Waals surface area contributed by atoms with Crippen LogP contribution in [-0.4, -0.2) is 21.6 Å². The third-order valence-corrected chi connectivity index (χ3v) is 2.86. The van der Waals surface area contributed by atoms with E-state index in [0.717, 1.165) is 16.7 Å². The fourth-order valence-electron chi connectivity index (χ4n) is 2.12. The van der Waals surface area contributed by atoms with Gasteiger partial charge in [0.15, 0.2) is 0 Å². The molecule has 1 aromatic heterocycles. The maximum atomic E-state index is 11.4. The minimum atomic E-state index is -0.281. The second-order valence-corrected chi connectivity index (χ2v) is 4.19. The van der Waals surface area contributed by atoms with Crippen molar-refractivity contribution in [1.82, 2.24) is 9.55 Å². The van der Waals surface area contributed by atoms with Gasteiger partial charge in [-0.15, -0.1) is 0 Å². The number of carbonyl (C=O) groups excluding carboxylic acids is 1. The summed E-state index contributed by atoms with van der Waals surface area (Å²) < 4.78 is 7.03. The van der Waals surface area contributed by atoms with Crippen molar-refractivity contribution in [3.8, 4) is 0 Å². The molecule has 0 N–H and O–H groups in total. The van der Waals surface area contributed by atoms with Gasteiger partial charge in [-0.2, -0.15) is 0 Å².